The highest BCUT2D eigenvalue weighted by atomic mass is 15.4. The Labute approximate surface area is 78.0 Å². The van der Waals surface area contributed by atoms with Gasteiger partial charge in [0.15, 0.2) is 0 Å². The summed E-state index contributed by atoms with van der Waals surface area (Å²) in [5.41, 5.74) is 5.93. The predicted molar refractivity (Wildman–Crippen MR) is 51.0 cm³/mol. The molecule has 0 amide bonds. The van der Waals surface area contributed by atoms with Crippen LogP contribution >= 0.6 is 0 Å². The lowest BCUT2D eigenvalue weighted by Crippen LogP contribution is -2.24. The molecule has 2 N–H and O–H groups in total. The molecule has 0 aromatic carbocycles. The van der Waals surface area contributed by atoms with Crippen LogP contribution in [-0.4, -0.2) is 21.5 Å². The van der Waals surface area contributed by atoms with Gasteiger partial charge in [-0.3, -0.25) is 5.43 Å². The average Bonchev–Trinajstić information content (AvgIpc) is 2.19. The van der Waals surface area contributed by atoms with Gasteiger partial charge in [0.25, 0.3) is 0 Å². The number of rotatable bonds is 6. The Morgan fingerprint density at radius 2 is 2.00 bits per heavy atom. The number of hydrogen-bond acceptors (Lipinski definition) is 5. The molecule has 72 valence electrons. The zero-order chi connectivity index (χ0) is 9.36. The van der Waals surface area contributed by atoms with Crippen molar-refractivity contribution < 1.29 is 0 Å². The number of hydrogen-bond donors (Lipinski definition) is 2. The van der Waals surface area contributed by atoms with Gasteiger partial charge in [-0.25, -0.2) is 20.4 Å². The van der Waals surface area contributed by atoms with Crippen molar-refractivity contribution in [3.63, 3.8) is 0 Å². The average molecular weight is 181 g/mol. The van der Waals surface area contributed by atoms with Gasteiger partial charge in [-0.15, -0.1) is 0 Å². The zero-order valence-corrected chi connectivity index (χ0v) is 7.82. The molecule has 0 spiro atoms. The van der Waals surface area contributed by atoms with Crippen LogP contribution in [0.15, 0.2) is 12.7 Å². The van der Waals surface area contributed by atoms with Crippen molar-refractivity contribution in [2.45, 2.75) is 26.2 Å². The molecule has 1 aromatic heterocycles. The topological polar surface area (TPSA) is 62.7 Å². The van der Waals surface area contributed by atoms with Gasteiger partial charge in [0, 0.05) is 6.54 Å². The molecule has 0 radical (unpaired) electrons. The van der Waals surface area contributed by atoms with Gasteiger partial charge in [-0.1, -0.05) is 19.8 Å². The molecule has 0 aliphatic rings. The highest BCUT2D eigenvalue weighted by molar-refractivity contribution is 5.17. The zero-order valence-electron chi connectivity index (χ0n) is 7.82. The van der Waals surface area contributed by atoms with E-state index in [4.69, 9.17) is 0 Å². The minimum absolute atomic E-state index is 0.562. The highest BCUT2D eigenvalue weighted by Gasteiger charge is 1.90. The summed E-state index contributed by atoms with van der Waals surface area (Å²) in [5.74, 6) is 0.562. The molecule has 1 aromatic rings. The van der Waals surface area contributed by atoms with Gasteiger partial charge in [-0.05, 0) is 6.42 Å². The third-order valence-corrected chi connectivity index (χ3v) is 1.60. The molecule has 0 aliphatic heterocycles. The van der Waals surface area contributed by atoms with Crippen LogP contribution in [0.3, 0.4) is 0 Å². The number of aromatic nitrogens is 3. The number of anilines is 1. The molecule has 0 unspecified atom stereocenters. The van der Waals surface area contributed by atoms with Crippen molar-refractivity contribution in [2.24, 2.45) is 0 Å². The van der Waals surface area contributed by atoms with Gasteiger partial charge < -0.3 is 0 Å². The number of nitrogens with zero attached hydrogens (tertiary/aromatic N) is 3. The molecule has 5 nitrogen and oxygen atoms in total. The fourth-order valence-corrected chi connectivity index (χ4v) is 0.909. The number of unbranched alkanes of at least 4 members (excludes halogenated alkanes) is 2. The normalized spacial score (nSPS) is 9.92. The van der Waals surface area contributed by atoms with E-state index in [9.17, 15) is 0 Å². The molecule has 0 fully saturated rings. The summed E-state index contributed by atoms with van der Waals surface area (Å²) in [5, 5.41) is 0. The maximum absolute atomic E-state index is 3.90. The minimum atomic E-state index is 0.562. The van der Waals surface area contributed by atoms with Crippen LogP contribution in [0.2, 0.25) is 0 Å². The summed E-state index contributed by atoms with van der Waals surface area (Å²) >= 11 is 0. The van der Waals surface area contributed by atoms with Gasteiger partial charge >= 0.3 is 0 Å². The molecule has 0 saturated carbocycles. The third kappa shape index (κ3) is 4.37. The Bertz CT molecular complexity index is 213. The maximum atomic E-state index is 3.90. The molecular formula is C8H15N5. The van der Waals surface area contributed by atoms with Crippen molar-refractivity contribution in [1.82, 2.24) is 20.4 Å². The Morgan fingerprint density at radius 3 is 2.69 bits per heavy atom. The van der Waals surface area contributed by atoms with Crippen molar-refractivity contribution in [2.75, 3.05) is 12.0 Å². The Hall–Kier alpha value is -1.23. The molecule has 13 heavy (non-hydrogen) atoms. The van der Waals surface area contributed by atoms with Crippen LogP contribution in [0.25, 0.3) is 0 Å². The first-order chi connectivity index (χ1) is 6.43. The van der Waals surface area contributed by atoms with Crippen LogP contribution in [-0.2, 0) is 0 Å². The smallest absolute Gasteiger partial charge is 0.240 e. The lowest BCUT2D eigenvalue weighted by atomic mass is 10.2. The van der Waals surface area contributed by atoms with Crippen LogP contribution in [0.4, 0.5) is 5.95 Å². The Balaban J connectivity index is 2.07. The Kier molecular flexibility index (Phi) is 4.78. The van der Waals surface area contributed by atoms with E-state index in [0.29, 0.717) is 5.95 Å². The first kappa shape index (κ1) is 9.85. The van der Waals surface area contributed by atoms with Crippen molar-refractivity contribution >= 4 is 5.95 Å². The third-order valence-electron chi connectivity index (χ3n) is 1.60. The molecule has 1 rings (SSSR count). The quantitative estimate of drug-likeness (QED) is 0.506. The molecule has 0 atom stereocenters. The van der Waals surface area contributed by atoms with Crippen molar-refractivity contribution in [3.05, 3.63) is 12.7 Å². The second-order valence-corrected chi connectivity index (χ2v) is 2.72. The van der Waals surface area contributed by atoms with Crippen molar-refractivity contribution in [1.29, 1.82) is 0 Å². The van der Waals surface area contributed by atoms with E-state index >= 15 is 0 Å². The van der Waals surface area contributed by atoms with E-state index < -0.39 is 0 Å². The number of hydrazine groups is 1. The van der Waals surface area contributed by atoms with Gasteiger partial charge in [0.1, 0.15) is 12.7 Å². The first-order valence-corrected chi connectivity index (χ1v) is 4.54. The lowest BCUT2D eigenvalue weighted by Gasteiger charge is -2.04. The predicted octanol–water partition coefficient (Wildman–Crippen LogP) is 0.978. The van der Waals surface area contributed by atoms with E-state index in [1.165, 1.54) is 25.5 Å². The monoisotopic (exact) mass is 181 g/mol. The van der Waals surface area contributed by atoms with Crippen LogP contribution in [0.5, 0.6) is 0 Å². The standard InChI is InChI=1S/C8H15N5/c1-2-3-4-5-12-13-8-10-6-9-7-11-8/h6-7,12H,2-5H2,1H3,(H,9,10,11,13). The SMILES string of the molecule is CCCCCNNc1ncncn1. The molecule has 5 heteroatoms. The summed E-state index contributed by atoms with van der Waals surface area (Å²) < 4.78 is 0. The largest absolute Gasteiger partial charge is 0.290 e. The summed E-state index contributed by atoms with van der Waals surface area (Å²) in [7, 11) is 0. The lowest BCUT2D eigenvalue weighted by molar-refractivity contribution is 0.658. The Morgan fingerprint density at radius 1 is 1.23 bits per heavy atom. The van der Waals surface area contributed by atoms with Gasteiger partial charge in [-0.2, -0.15) is 0 Å². The number of nitrogens with one attached hydrogen (secondary N) is 2. The first-order valence-electron chi connectivity index (χ1n) is 4.54. The molecule has 0 saturated heterocycles. The molecule has 0 aliphatic carbocycles. The van der Waals surface area contributed by atoms with Gasteiger partial charge in [0.2, 0.25) is 5.95 Å². The van der Waals surface area contributed by atoms with E-state index in [-0.39, 0.29) is 0 Å². The maximum Gasteiger partial charge on any atom is 0.240 e. The summed E-state index contributed by atoms with van der Waals surface area (Å²) in [6.07, 6.45) is 6.56. The summed E-state index contributed by atoms with van der Waals surface area (Å²) in [6, 6.07) is 0. The molecule has 1 heterocycles. The van der Waals surface area contributed by atoms with E-state index in [1.54, 1.807) is 0 Å². The molecule has 0 bridgehead atoms. The van der Waals surface area contributed by atoms with Crippen LogP contribution in [0, 0.1) is 0 Å². The fourth-order valence-electron chi connectivity index (χ4n) is 0.909. The van der Waals surface area contributed by atoms with Crippen molar-refractivity contribution in [3.8, 4) is 0 Å². The minimum Gasteiger partial charge on any atom is -0.290 e. The summed E-state index contributed by atoms with van der Waals surface area (Å²) in [6.45, 7) is 3.11. The van der Waals surface area contributed by atoms with Crippen LogP contribution in [0.1, 0.15) is 26.2 Å². The second kappa shape index (κ2) is 6.30. The molecular weight excluding hydrogens is 166 g/mol. The second-order valence-electron chi connectivity index (χ2n) is 2.72. The fraction of sp³-hybridized carbons (Fsp3) is 0.625. The highest BCUT2D eigenvalue weighted by Crippen LogP contribution is 1.92. The van der Waals surface area contributed by atoms with E-state index in [1.807, 2.05) is 0 Å². The van der Waals surface area contributed by atoms with Gasteiger partial charge in [0.05, 0.1) is 0 Å². The summed E-state index contributed by atoms with van der Waals surface area (Å²) in [4.78, 5) is 11.5. The van der Waals surface area contributed by atoms with E-state index in [0.717, 1.165) is 13.0 Å². The van der Waals surface area contributed by atoms with Crippen LogP contribution < -0.4 is 10.9 Å². The van der Waals surface area contributed by atoms with E-state index in [2.05, 4.69) is 32.7 Å².